The molecule has 6 aliphatic rings. The average Bonchev–Trinajstić information content (AvgIpc) is 3.68. The molecule has 322 valence electrons. The smallest absolute Gasteiger partial charge is 0.255 e. The molecule has 15 heteroatoms. The van der Waals surface area contributed by atoms with Crippen molar-refractivity contribution >= 4 is 40.1 Å². The maximum atomic E-state index is 13.4. The summed E-state index contributed by atoms with van der Waals surface area (Å²) in [6.45, 7) is 14.3. The molecule has 0 radical (unpaired) electrons. The number of amides is 3. The molecule has 0 spiro atoms. The minimum Gasteiger partial charge on any atom is -0.494 e. The van der Waals surface area contributed by atoms with Crippen LogP contribution >= 0.6 is 0 Å². The minimum absolute atomic E-state index is 0.0400. The first kappa shape index (κ1) is 39.8. The highest BCUT2D eigenvalue weighted by Crippen LogP contribution is 2.42. The Hall–Kier alpha value is -5.28. The molecule has 2 aromatic carbocycles. The molecule has 10 rings (SSSR count). The number of carbonyl (C=O) groups excluding carboxylic acids is 3. The molecule has 1 unspecified atom stereocenters. The van der Waals surface area contributed by atoms with E-state index in [4.69, 9.17) is 14.5 Å². The van der Waals surface area contributed by atoms with Crippen LogP contribution in [0.1, 0.15) is 81.1 Å². The maximum absolute atomic E-state index is 13.4. The van der Waals surface area contributed by atoms with Crippen molar-refractivity contribution in [1.29, 1.82) is 0 Å². The van der Waals surface area contributed by atoms with E-state index in [1.165, 1.54) is 0 Å². The Morgan fingerprint density at radius 2 is 1.64 bits per heavy atom. The summed E-state index contributed by atoms with van der Waals surface area (Å²) in [7, 11) is 1.66. The third-order valence-corrected chi connectivity index (χ3v) is 14.3. The van der Waals surface area contributed by atoms with Crippen LogP contribution < -0.4 is 24.6 Å². The lowest BCUT2D eigenvalue weighted by Crippen LogP contribution is -2.54. The van der Waals surface area contributed by atoms with Gasteiger partial charge < -0.3 is 29.1 Å². The van der Waals surface area contributed by atoms with Crippen LogP contribution in [0.5, 0.6) is 11.5 Å². The lowest BCUT2D eigenvalue weighted by Gasteiger charge is -2.44. The van der Waals surface area contributed by atoms with E-state index < -0.39 is 11.9 Å². The van der Waals surface area contributed by atoms with E-state index in [9.17, 15) is 14.4 Å². The number of hydrogen-bond acceptors (Lipinski definition) is 12. The second-order valence-electron chi connectivity index (χ2n) is 18.6. The highest BCUT2D eigenvalue weighted by molar-refractivity contribution is 6.06. The molecule has 3 amide bonds. The standard InChI is InChI=1S/C46H58N10O5/c1-29-24-52(25-30-12-18-54(19-13-30)40-23-37(47-28-48-40)42-34-22-32(61-46(2)14-15-46)4-6-36(34)50-51-42)20-21-55(29)26-31-10-16-53(17-11-31)38-7-5-33-35(43(38)60-3)27-56(45(33)59)39-8-9-41(57)49-44(39)58/h4-7,22-23,28-31,39H,8-21,24-27H2,1-3H3,(H,50,51)(H,49,57,58)/t29-,39?/m0/s1. The highest BCUT2D eigenvalue weighted by Gasteiger charge is 2.42. The Kier molecular flexibility index (Phi) is 10.6. The zero-order chi connectivity index (χ0) is 41.8. The summed E-state index contributed by atoms with van der Waals surface area (Å²) in [5, 5.41) is 11.2. The number of hydrogen-bond donors (Lipinski definition) is 2. The van der Waals surface area contributed by atoms with E-state index in [0.717, 1.165) is 148 Å². The molecule has 7 heterocycles. The molecule has 61 heavy (non-hydrogen) atoms. The number of nitrogens with one attached hydrogen (secondary N) is 2. The van der Waals surface area contributed by atoms with Gasteiger partial charge in [-0.15, -0.1) is 0 Å². The first-order valence-corrected chi connectivity index (χ1v) is 22.4. The number of benzene rings is 2. The van der Waals surface area contributed by atoms with Gasteiger partial charge in [-0.2, -0.15) is 5.10 Å². The van der Waals surface area contributed by atoms with Gasteiger partial charge in [-0.1, -0.05) is 0 Å². The van der Waals surface area contributed by atoms with Gasteiger partial charge in [-0.25, -0.2) is 9.97 Å². The maximum Gasteiger partial charge on any atom is 0.255 e. The number of fused-ring (bicyclic) bond motifs is 2. The summed E-state index contributed by atoms with van der Waals surface area (Å²) in [5.41, 5.74) is 5.01. The number of ether oxygens (including phenoxy) is 2. The van der Waals surface area contributed by atoms with Gasteiger partial charge in [0.1, 0.15) is 41.0 Å². The largest absolute Gasteiger partial charge is 0.494 e. The van der Waals surface area contributed by atoms with Gasteiger partial charge in [0.2, 0.25) is 11.8 Å². The van der Waals surface area contributed by atoms with Gasteiger partial charge in [0, 0.05) is 93.9 Å². The number of piperazine rings is 1. The topological polar surface area (TPSA) is 152 Å². The second kappa shape index (κ2) is 16.2. The first-order valence-electron chi connectivity index (χ1n) is 22.4. The molecule has 4 saturated heterocycles. The zero-order valence-corrected chi connectivity index (χ0v) is 35.7. The molecule has 2 aromatic heterocycles. The second-order valence-corrected chi connectivity index (χ2v) is 18.6. The molecule has 1 aliphatic carbocycles. The molecule has 4 aromatic rings. The van der Waals surface area contributed by atoms with Gasteiger partial charge in [0.15, 0.2) is 0 Å². The average molecular weight is 831 g/mol. The van der Waals surface area contributed by atoms with Crippen LogP contribution in [-0.4, -0.2) is 136 Å². The van der Waals surface area contributed by atoms with Crippen molar-refractivity contribution in [2.75, 3.05) is 75.8 Å². The SMILES string of the molecule is COc1c(N2CCC(CN3CCN(CC4CCN(c5cc(-c6n[nH]c7ccc(OC8(C)CC8)cc67)ncn5)CC4)C[C@@H]3C)CC2)ccc2c1CN(C1CCC(=O)NC1=O)C2=O. The predicted octanol–water partition coefficient (Wildman–Crippen LogP) is 4.86. The molecule has 5 aliphatic heterocycles. The van der Waals surface area contributed by atoms with Crippen molar-refractivity contribution in [1.82, 2.24) is 40.2 Å². The number of methoxy groups -OCH3 is 1. The Morgan fingerprint density at radius 1 is 0.869 bits per heavy atom. The van der Waals surface area contributed by atoms with Crippen LogP contribution in [0.2, 0.25) is 0 Å². The van der Waals surface area contributed by atoms with E-state index in [0.29, 0.717) is 36.4 Å². The lowest BCUT2D eigenvalue weighted by atomic mass is 9.93. The number of aromatic amines is 1. The summed E-state index contributed by atoms with van der Waals surface area (Å²) in [6.07, 6.45) is 8.95. The number of imide groups is 1. The molecule has 2 atom stereocenters. The van der Waals surface area contributed by atoms with E-state index >= 15 is 0 Å². The van der Waals surface area contributed by atoms with Crippen LogP contribution in [0, 0.1) is 11.8 Å². The number of nitrogens with zero attached hydrogens (tertiary/aromatic N) is 8. The summed E-state index contributed by atoms with van der Waals surface area (Å²) in [6, 6.07) is 12.0. The Morgan fingerprint density at radius 3 is 2.38 bits per heavy atom. The molecule has 2 N–H and O–H groups in total. The summed E-state index contributed by atoms with van der Waals surface area (Å²) >= 11 is 0. The van der Waals surface area contributed by atoms with Crippen LogP contribution in [0.4, 0.5) is 11.5 Å². The molecule has 5 fully saturated rings. The Balaban J connectivity index is 0.686. The van der Waals surface area contributed by atoms with Gasteiger partial charge in [0.05, 0.1) is 30.6 Å². The van der Waals surface area contributed by atoms with Gasteiger partial charge in [-0.05, 0) is 101 Å². The summed E-state index contributed by atoms with van der Waals surface area (Å²) in [4.78, 5) is 58.9. The van der Waals surface area contributed by atoms with Crippen molar-refractivity contribution in [2.45, 2.75) is 89.4 Å². The normalized spacial score (nSPS) is 24.0. The predicted molar refractivity (Wildman–Crippen MR) is 232 cm³/mol. The van der Waals surface area contributed by atoms with Gasteiger partial charge in [0.25, 0.3) is 5.91 Å². The van der Waals surface area contributed by atoms with Crippen molar-refractivity contribution in [2.24, 2.45) is 11.8 Å². The summed E-state index contributed by atoms with van der Waals surface area (Å²) in [5.74, 6) is 3.01. The fourth-order valence-electron chi connectivity index (χ4n) is 10.4. The van der Waals surface area contributed by atoms with Crippen molar-refractivity contribution in [3.63, 3.8) is 0 Å². The molecular formula is C46H58N10O5. The van der Waals surface area contributed by atoms with E-state index in [2.05, 4.69) is 66.1 Å². The lowest BCUT2D eigenvalue weighted by molar-refractivity contribution is -0.136. The van der Waals surface area contributed by atoms with Gasteiger partial charge >= 0.3 is 0 Å². The third kappa shape index (κ3) is 8.02. The van der Waals surface area contributed by atoms with Crippen LogP contribution in [-0.2, 0) is 16.1 Å². The molecular weight excluding hydrogens is 773 g/mol. The number of carbonyl (C=O) groups is 3. The number of aromatic nitrogens is 4. The fourth-order valence-corrected chi connectivity index (χ4v) is 10.4. The number of H-pyrrole nitrogens is 1. The van der Waals surface area contributed by atoms with Crippen molar-refractivity contribution < 1.29 is 23.9 Å². The zero-order valence-electron chi connectivity index (χ0n) is 35.7. The molecule has 0 bridgehead atoms. The van der Waals surface area contributed by atoms with Crippen molar-refractivity contribution in [3.05, 3.63) is 53.9 Å². The van der Waals surface area contributed by atoms with Crippen LogP contribution in [0.3, 0.4) is 0 Å². The van der Waals surface area contributed by atoms with Crippen molar-refractivity contribution in [3.8, 4) is 22.9 Å². The molecule has 1 saturated carbocycles. The Bertz CT molecular complexity index is 2310. The highest BCUT2D eigenvalue weighted by atomic mass is 16.5. The van der Waals surface area contributed by atoms with E-state index in [1.807, 2.05) is 24.3 Å². The van der Waals surface area contributed by atoms with E-state index in [1.54, 1.807) is 18.3 Å². The van der Waals surface area contributed by atoms with Gasteiger partial charge in [-0.3, -0.25) is 29.7 Å². The number of anilines is 2. The van der Waals surface area contributed by atoms with E-state index in [-0.39, 0.29) is 23.8 Å². The quantitative estimate of drug-likeness (QED) is 0.199. The number of piperidine rings is 3. The van der Waals surface area contributed by atoms with Crippen LogP contribution in [0.25, 0.3) is 22.3 Å². The minimum atomic E-state index is -0.642. The van der Waals surface area contributed by atoms with Crippen LogP contribution in [0.15, 0.2) is 42.7 Å². The Labute approximate surface area is 357 Å². The fraction of sp³-hybridized carbons (Fsp3) is 0.565. The summed E-state index contributed by atoms with van der Waals surface area (Å²) < 4.78 is 12.2. The third-order valence-electron chi connectivity index (χ3n) is 14.3. The monoisotopic (exact) mass is 830 g/mol. The molecule has 15 nitrogen and oxygen atoms in total. The number of rotatable bonds is 11. The first-order chi connectivity index (χ1) is 29.6.